The molecule has 1 aliphatic heterocycles. The van der Waals surface area contributed by atoms with Crippen molar-refractivity contribution in [3.8, 4) is 0 Å². The molecule has 7 nitrogen and oxygen atoms in total. The standard InChI is InChI=1S/C14H19N5O2/c1-9-12(10(2)21-18-9)17-14(20)19-8-4-3-5-11(19)13-15-6-7-16-13/h6-7,11H,3-5,8H2,1-2H3,(H,15,16)(H,17,20)/t11-/m1/s1. The van der Waals surface area contributed by atoms with Gasteiger partial charge in [-0.05, 0) is 33.1 Å². The first-order chi connectivity index (χ1) is 10.2. The van der Waals surface area contributed by atoms with Gasteiger partial charge in [0.1, 0.15) is 17.2 Å². The highest BCUT2D eigenvalue weighted by molar-refractivity contribution is 5.90. The number of urea groups is 1. The molecule has 1 fully saturated rings. The van der Waals surface area contributed by atoms with Gasteiger partial charge >= 0.3 is 6.03 Å². The monoisotopic (exact) mass is 289 g/mol. The summed E-state index contributed by atoms with van der Waals surface area (Å²) in [5.41, 5.74) is 1.34. The van der Waals surface area contributed by atoms with Crippen LogP contribution in [0.3, 0.4) is 0 Å². The van der Waals surface area contributed by atoms with Crippen LogP contribution in [0, 0.1) is 13.8 Å². The first-order valence-corrected chi connectivity index (χ1v) is 7.16. The number of aromatic amines is 1. The van der Waals surface area contributed by atoms with Gasteiger partial charge in [-0.15, -0.1) is 0 Å². The maximum atomic E-state index is 12.6. The average molecular weight is 289 g/mol. The number of amides is 2. The first-order valence-electron chi connectivity index (χ1n) is 7.16. The molecule has 0 unspecified atom stereocenters. The molecule has 2 amide bonds. The van der Waals surface area contributed by atoms with Crippen LogP contribution in [0.5, 0.6) is 0 Å². The first kappa shape index (κ1) is 13.7. The number of piperidine rings is 1. The van der Waals surface area contributed by atoms with Crippen molar-refractivity contribution in [1.29, 1.82) is 0 Å². The quantitative estimate of drug-likeness (QED) is 0.890. The topological polar surface area (TPSA) is 87.1 Å². The highest BCUT2D eigenvalue weighted by Gasteiger charge is 2.30. The lowest BCUT2D eigenvalue weighted by atomic mass is 10.0. The molecule has 1 saturated heterocycles. The van der Waals surface area contributed by atoms with Crippen molar-refractivity contribution >= 4 is 11.7 Å². The van der Waals surface area contributed by atoms with Gasteiger partial charge in [0.2, 0.25) is 0 Å². The van der Waals surface area contributed by atoms with E-state index in [9.17, 15) is 4.79 Å². The van der Waals surface area contributed by atoms with Crippen LogP contribution in [0.25, 0.3) is 0 Å². The van der Waals surface area contributed by atoms with Crippen LogP contribution in [0.4, 0.5) is 10.5 Å². The molecule has 0 spiro atoms. The predicted octanol–water partition coefficient (Wildman–Crippen LogP) is 2.77. The maximum Gasteiger partial charge on any atom is 0.322 e. The van der Waals surface area contributed by atoms with Crippen molar-refractivity contribution < 1.29 is 9.32 Å². The van der Waals surface area contributed by atoms with Crippen molar-refractivity contribution in [3.63, 3.8) is 0 Å². The van der Waals surface area contributed by atoms with Crippen molar-refractivity contribution in [2.75, 3.05) is 11.9 Å². The number of aryl methyl sites for hydroxylation is 2. The van der Waals surface area contributed by atoms with Gasteiger partial charge in [0, 0.05) is 18.9 Å². The SMILES string of the molecule is Cc1noc(C)c1NC(=O)N1CCCC[C@@H]1c1ncc[nH]1. The Balaban J connectivity index is 1.79. The van der Waals surface area contributed by atoms with Crippen LogP contribution >= 0.6 is 0 Å². The Bertz CT molecular complexity index is 600. The zero-order valence-corrected chi connectivity index (χ0v) is 12.2. The van der Waals surface area contributed by atoms with E-state index in [4.69, 9.17) is 4.52 Å². The fourth-order valence-electron chi connectivity index (χ4n) is 2.76. The normalized spacial score (nSPS) is 18.8. The lowest BCUT2D eigenvalue weighted by Crippen LogP contribution is -2.41. The summed E-state index contributed by atoms with van der Waals surface area (Å²) in [7, 11) is 0. The number of H-pyrrole nitrogens is 1. The van der Waals surface area contributed by atoms with Gasteiger partial charge in [0.25, 0.3) is 0 Å². The molecule has 112 valence electrons. The summed E-state index contributed by atoms with van der Waals surface area (Å²) in [5.74, 6) is 1.45. The molecule has 1 atom stereocenters. The summed E-state index contributed by atoms with van der Waals surface area (Å²) in [6.07, 6.45) is 6.53. The number of aromatic nitrogens is 3. The summed E-state index contributed by atoms with van der Waals surface area (Å²) in [6.45, 7) is 4.32. The van der Waals surface area contributed by atoms with Crippen molar-refractivity contribution in [2.45, 2.75) is 39.2 Å². The minimum atomic E-state index is -0.134. The second kappa shape index (κ2) is 5.59. The fourth-order valence-corrected chi connectivity index (χ4v) is 2.76. The van der Waals surface area contributed by atoms with Crippen molar-refractivity contribution in [1.82, 2.24) is 20.0 Å². The van der Waals surface area contributed by atoms with E-state index in [0.717, 1.165) is 31.6 Å². The number of hydrogen-bond acceptors (Lipinski definition) is 4. The number of carbonyl (C=O) groups is 1. The molecule has 0 radical (unpaired) electrons. The third-order valence-corrected chi connectivity index (χ3v) is 3.86. The lowest BCUT2D eigenvalue weighted by molar-refractivity contribution is 0.160. The molecule has 3 heterocycles. The van der Waals surface area contributed by atoms with Gasteiger partial charge in [-0.25, -0.2) is 9.78 Å². The van der Waals surface area contributed by atoms with Crippen LogP contribution in [-0.4, -0.2) is 32.6 Å². The summed E-state index contributed by atoms with van der Waals surface area (Å²) in [5, 5.41) is 6.77. The van der Waals surface area contributed by atoms with E-state index in [0.29, 0.717) is 17.1 Å². The van der Waals surface area contributed by atoms with E-state index in [-0.39, 0.29) is 12.1 Å². The van der Waals surface area contributed by atoms with Crippen molar-refractivity contribution in [2.24, 2.45) is 0 Å². The molecular weight excluding hydrogens is 270 g/mol. The minimum absolute atomic E-state index is 0.00535. The molecule has 7 heteroatoms. The highest BCUT2D eigenvalue weighted by Crippen LogP contribution is 2.30. The Morgan fingerprint density at radius 1 is 1.48 bits per heavy atom. The van der Waals surface area contributed by atoms with Gasteiger partial charge in [0.05, 0.1) is 6.04 Å². The second-order valence-electron chi connectivity index (χ2n) is 5.31. The number of hydrogen-bond donors (Lipinski definition) is 2. The predicted molar refractivity (Wildman–Crippen MR) is 76.9 cm³/mol. The second-order valence-corrected chi connectivity index (χ2v) is 5.31. The fraction of sp³-hybridized carbons (Fsp3) is 0.500. The summed E-state index contributed by atoms with van der Waals surface area (Å²) >= 11 is 0. The Hall–Kier alpha value is -2.31. The Morgan fingerprint density at radius 2 is 2.33 bits per heavy atom. The zero-order chi connectivity index (χ0) is 14.8. The summed E-state index contributed by atoms with van der Waals surface area (Å²) in [4.78, 5) is 21.8. The molecule has 2 aromatic heterocycles. The van der Waals surface area contributed by atoms with E-state index < -0.39 is 0 Å². The highest BCUT2D eigenvalue weighted by atomic mass is 16.5. The van der Waals surface area contributed by atoms with Crippen LogP contribution in [-0.2, 0) is 0 Å². The van der Waals surface area contributed by atoms with Crippen LogP contribution < -0.4 is 5.32 Å². The van der Waals surface area contributed by atoms with Crippen LogP contribution in [0.2, 0.25) is 0 Å². The van der Waals surface area contributed by atoms with Gasteiger partial charge in [0.15, 0.2) is 5.76 Å². The summed E-state index contributed by atoms with van der Waals surface area (Å²) < 4.78 is 5.08. The number of likely N-dealkylation sites (tertiary alicyclic amines) is 1. The largest absolute Gasteiger partial charge is 0.359 e. The summed E-state index contributed by atoms with van der Waals surface area (Å²) in [6, 6.07) is -0.139. The number of rotatable bonds is 2. The van der Waals surface area contributed by atoms with Crippen LogP contribution in [0.1, 0.15) is 42.6 Å². The number of carbonyl (C=O) groups excluding carboxylic acids is 1. The number of imidazole rings is 1. The molecule has 3 rings (SSSR count). The molecule has 1 aliphatic rings. The zero-order valence-electron chi connectivity index (χ0n) is 12.2. The van der Waals surface area contributed by atoms with Gasteiger partial charge < -0.3 is 19.7 Å². The Kier molecular flexibility index (Phi) is 3.64. The molecule has 21 heavy (non-hydrogen) atoms. The molecule has 0 saturated carbocycles. The van der Waals surface area contributed by atoms with Gasteiger partial charge in [-0.3, -0.25) is 0 Å². The van der Waals surface area contributed by atoms with E-state index >= 15 is 0 Å². The molecular formula is C14H19N5O2. The number of anilines is 1. The van der Waals surface area contributed by atoms with E-state index in [2.05, 4.69) is 20.4 Å². The molecule has 2 aromatic rings. The third kappa shape index (κ3) is 2.63. The van der Waals surface area contributed by atoms with Gasteiger partial charge in [-0.1, -0.05) is 5.16 Å². The molecule has 0 bridgehead atoms. The van der Waals surface area contributed by atoms with E-state index in [1.807, 2.05) is 11.8 Å². The minimum Gasteiger partial charge on any atom is -0.359 e. The number of nitrogens with one attached hydrogen (secondary N) is 2. The Morgan fingerprint density at radius 3 is 3.00 bits per heavy atom. The number of nitrogens with zero attached hydrogens (tertiary/aromatic N) is 3. The molecule has 2 N–H and O–H groups in total. The average Bonchev–Trinajstić information content (AvgIpc) is 3.13. The third-order valence-electron chi connectivity index (χ3n) is 3.86. The van der Waals surface area contributed by atoms with E-state index in [1.165, 1.54) is 0 Å². The van der Waals surface area contributed by atoms with Crippen molar-refractivity contribution in [3.05, 3.63) is 29.7 Å². The smallest absolute Gasteiger partial charge is 0.322 e. The van der Waals surface area contributed by atoms with Crippen LogP contribution in [0.15, 0.2) is 16.9 Å². The molecule has 0 aromatic carbocycles. The Labute approximate surface area is 122 Å². The molecule has 0 aliphatic carbocycles. The maximum absolute atomic E-state index is 12.6. The van der Waals surface area contributed by atoms with E-state index in [1.54, 1.807) is 19.3 Å². The lowest BCUT2D eigenvalue weighted by Gasteiger charge is -2.34. The van der Waals surface area contributed by atoms with Gasteiger partial charge in [-0.2, -0.15) is 0 Å².